The lowest BCUT2D eigenvalue weighted by Crippen LogP contribution is -2.32. The van der Waals surface area contributed by atoms with Crippen LogP contribution in [-0.2, 0) is 0 Å². The molecule has 0 unspecified atom stereocenters. The van der Waals surface area contributed by atoms with E-state index in [9.17, 15) is 10.1 Å². The summed E-state index contributed by atoms with van der Waals surface area (Å²) < 4.78 is 5.60. The third kappa shape index (κ3) is 2.49. The number of nitrogens with two attached hydrogens (primary N) is 1. The second-order valence-corrected chi connectivity index (χ2v) is 4.93. The van der Waals surface area contributed by atoms with E-state index in [0.717, 1.165) is 12.8 Å². The molecule has 0 radical (unpaired) electrons. The summed E-state index contributed by atoms with van der Waals surface area (Å²) in [6.07, 6.45) is 3.55. The molecule has 0 saturated heterocycles. The van der Waals surface area contributed by atoms with Crippen LogP contribution in [-0.4, -0.2) is 11.5 Å². The second kappa shape index (κ2) is 4.24. The van der Waals surface area contributed by atoms with Gasteiger partial charge in [0.15, 0.2) is 0 Å². The average molecular weight is 236 g/mol. The van der Waals surface area contributed by atoms with E-state index in [1.165, 1.54) is 18.6 Å². The minimum atomic E-state index is -0.493. The number of hydrogen-bond donors (Lipinski definition) is 1. The molecule has 5 heteroatoms. The van der Waals surface area contributed by atoms with Gasteiger partial charge in [0, 0.05) is 5.41 Å². The number of nitro groups is 1. The lowest BCUT2D eigenvalue weighted by atomic mass is 9.71. The molecule has 0 heterocycles. The number of nitro benzene ring substituents is 1. The number of anilines is 1. The van der Waals surface area contributed by atoms with Crippen molar-refractivity contribution >= 4 is 11.4 Å². The van der Waals surface area contributed by atoms with E-state index in [4.69, 9.17) is 10.5 Å². The van der Waals surface area contributed by atoms with Gasteiger partial charge in [-0.3, -0.25) is 10.1 Å². The first-order valence-corrected chi connectivity index (χ1v) is 5.67. The summed E-state index contributed by atoms with van der Waals surface area (Å²) >= 11 is 0. The predicted molar refractivity (Wildman–Crippen MR) is 65.0 cm³/mol. The third-order valence-electron chi connectivity index (χ3n) is 3.35. The molecule has 1 aromatic carbocycles. The van der Waals surface area contributed by atoms with Gasteiger partial charge in [-0.15, -0.1) is 0 Å². The van der Waals surface area contributed by atoms with Gasteiger partial charge in [0.1, 0.15) is 11.4 Å². The number of nitrogens with zero attached hydrogens (tertiary/aromatic N) is 1. The largest absolute Gasteiger partial charge is 0.493 e. The molecule has 0 atom stereocenters. The van der Waals surface area contributed by atoms with Crippen LogP contribution in [0.2, 0.25) is 0 Å². The Bertz CT molecular complexity index is 441. The van der Waals surface area contributed by atoms with Gasteiger partial charge in [0.05, 0.1) is 17.6 Å². The van der Waals surface area contributed by atoms with Gasteiger partial charge in [-0.25, -0.2) is 0 Å². The molecule has 0 spiro atoms. The lowest BCUT2D eigenvalue weighted by Gasteiger charge is -2.37. The molecule has 1 saturated carbocycles. The van der Waals surface area contributed by atoms with Crippen molar-refractivity contribution in [3.63, 3.8) is 0 Å². The van der Waals surface area contributed by atoms with Gasteiger partial charge in [0.2, 0.25) is 0 Å². The van der Waals surface area contributed by atoms with E-state index in [1.807, 2.05) is 0 Å². The van der Waals surface area contributed by atoms with Crippen molar-refractivity contribution in [2.24, 2.45) is 5.41 Å². The van der Waals surface area contributed by atoms with Gasteiger partial charge >= 0.3 is 0 Å². The number of nitrogen functional groups attached to an aromatic ring is 1. The molecule has 5 nitrogen and oxygen atoms in total. The van der Waals surface area contributed by atoms with E-state index >= 15 is 0 Å². The molecule has 17 heavy (non-hydrogen) atoms. The minimum Gasteiger partial charge on any atom is -0.493 e. The number of ether oxygens (including phenoxy) is 1. The van der Waals surface area contributed by atoms with Crippen LogP contribution in [0.5, 0.6) is 5.75 Å². The van der Waals surface area contributed by atoms with Crippen LogP contribution >= 0.6 is 0 Å². The number of benzene rings is 1. The molecule has 2 N–H and O–H groups in total. The zero-order valence-corrected chi connectivity index (χ0v) is 9.81. The fraction of sp³-hybridized carbons (Fsp3) is 0.500. The van der Waals surface area contributed by atoms with Crippen molar-refractivity contribution in [2.75, 3.05) is 12.3 Å². The average Bonchev–Trinajstić information content (AvgIpc) is 2.25. The van der Waals surface area contributed by atoms with Crippen LogP contribution in [0.1, 0.15) is 26.2 Å². The summed E-state index contributed by atoms with van der Waals surface area (Å²) in [5, 5.41) is 10.7. The summed E-state index contributed by atoms with van der Waals surface area (Å²) in [4.78, 5) is 10.2. The molecule has 0 amide bonds. The first-order chi connectivity index (χ1) is 8.00. The zero-order valence-electron chi connectivity index (χ0n) is 9.81. The second-order valence-electron chi connectivity index (χ2n) is 4.93. The highest BCUT2D eigenvalue weighted by molar-refractivity contribution is 5.60. The first kappa shape index (κ1) is 11.7. The number of hydrogen-bond acceptors (Lipinski definition) is 4. The Labute approximate surface area is 99.7 Å². The molecular weight excluding hydrogens is 220 g/mol. The maximum atomic E-state index is 10.7. The highest BCUT2D eigenvalue weighted by atomic mass is 16.6. The van der Waals surface area contributed by atoms with Crippen LogP contribution in [0.4, 0.5) is 11.4 Å². The fourth-order valence-corrected chi connectivity index (χ4v) is 1.95. The van der Waals surface area contributed by atoms with Gasteiger partial charge in [-0.2, -0.15) is 0 Å². The quantitative estimate of drug-likeness (QED) is 0.495. The van der Waals surface area contributed by atoms with Crippen molar-refractivity contribution in [3.8, 4) is 5.75 Å². The Morgan fingerprint density at radius 3 is 2.76 bits per heavy atom. The fourth-order valence-electron chi connectivity index (χ4n) is 1.95. The smallest absolute Gasteiger partial charge is 0.295 e. The topological polar surface area (TPSA) is 78.4 Å². The molecule has 92 valence electrons. The number of rotatable bonds is 4. The maximum absolute atomic E-state index is 10.7. The van der Waals surface area contributed by atoms with E-state index < -0.39 is 4.92 Å². The van der Waals surface area contributed by atoms with Crippen LogP contribution in [0.25, 0.3) is 0 Å². The van der Waals surface area contributed by atoms with Crippen LogP contribution in [0, 0.1) is 15.5 Å². The summed E-state index contributed by atoms with van der Waals surface area (Å²) in [6.45, 7) is 2.77. The van der Waals surface area contributed by atoms with Gasteiger partial charge < -0.3 is 10.5 Å². The summed E-state index contributed by atoms with van der Waals surface area (Å²) in [6, 6.07) is 4.57. The van der Waals surface area contributed by atoms with Crippen molar-refractivity contribution in [3.05, 3.63) is 28.3 Å². The zero-order chi connectivity index (χ0) is 12.5. The molecule has 1 aromatic rings. The van der Waals surface area contributed by atoms with Gasteiger partial charge in [-0.1, -0.05) is 13.3 Å². The van der Waals surface area contributed by atoms with Crippen LogP contribution in [0.3, 0.4) is 0 Å². The standard InChI is InChI=1S/C12H16N2O3/c1-12(5-2-6-12)8-17-9-3-4-10(13)11(7-9)14(15)16/h3-4,7H,2,5-6,8,13H2,1H3. The Morgan fingerprint density at radius 2 is 2.24 bits per heavy atom. The molecule has 1 aliphatic rings. The molecule has 1 aliphatic carbocycles. The summed E-state index contributed by atoms with van der Waals surface area (Å²) in [7, 11) is 0. The Kier molecular flexibility index (Phi) is 2.92. The molecule has 1 fully saturated rings. The van der Waals surface area contributed by atoms with Crippen molar-refractivity contribution < 1.29 is 9.66 Å². The van der Waals surface area contributed by atoms with Gasteiger partial charge in [0.25, 0.3) is 5.69 Å². The first-order valence-electron chi connectivity index (χ1n) is 5.67. The van der Waals surface area contributed by atoms with E-state index in [-0.39, 0.29) is 16.8 Å². The predicted octanol–water partition coefficient (Wildman–Crippen LogP) is 2.75. The third-order valence-corrected chi connectivity index (χ3v) is 3.35. The Balaban J connectivity index is 2.06. The molecule has 0 bridgehead atoms. The van der Waals surface area contributed by atoms with Crippen molar-refractivity contribution in [1.82, 2.24) is 0 Å². The molecule has 2 rings (SSSR count). The summed E-state index contributed by atoms with van der Waals surface area (Å²) in [5.41, 5.74) is 5.81. The Morgan fingerprint density at radius 1 is 1.53 bits per heavy atom. The van der Waals surface area contributed by atoms with Crippen LogP contribution in [0.15, 0.2) is 18.2 Å². The van der Waals surface area contributed by atoms with E-state index in [2.05, 4.69) is 6.92 Å². The molecule has 0 aromatic heterocycles. The Hall–Kier alpha value is -1.78. The monoisotopic (exact) mass is 236 g/mol. The van der Waals surface area contributed by atoms with E-state index in [1.54, 1.807) is 6.07 Å². The lowest BCUT2D eigenvalue weighted by molar-refractivity contribution is -0.384. The van der Waals surface area contributed by atoms with E-state index in [0.29, 0.717) is 12.4 Å². The van der Waals surface area contributed by atoms with Crippen LogP contribution < -0.4 is 10.5 Å². The minimum absolute atomic E-state index is 0.0961. The molecule has 0 aliphatic heterocycles. The van der Waals surface area contributed by atoms with Crippen molar-refractivity contribution in [1.29, 1.82) is 0 Å². The SMILES string of the molecule is CC1(COc2ccc(N)c([N+](=O)[O-])c2)CCC1. The highest BCUT2D eigenvalue weighted by Gasteiger charge is 2.32. The highest BCUT2D eigenvalue weighted by Crippen LogP contribution is 2.40. The van der Waals surface area contributed by atoms with Crippen molar-refractivity contribution in [2.45, 2.75) is 26.2 Å². The summed E-state index contributed by atoms with van der Waals surface area (Å²) in [5.74, 6) is 0.513. The maximum Gasteiger partial charge on any atom is 0.295 e. The molecular formula is C12H16N2O3. The normalized spacial score (nSPS) is 17.2. The van der Waals surface area contributed by atoms with Gasteiger partial charge in [-0.05, 0) is 25.0 Å².